The Morgan fingerprint density at radius 1 is 0.765 bits per heavy atom. The Labute approximate surface area is 196 Å². The van der Waals surface area contributed by atoms with Crippen molar-refractivity contribution in [2.45, 2.75) is 18.9 Å². The van der Waals surface area contributed by atoms with Crippen LogP contribution in [0.15, 0.2) is 107 Å². The number of hydrogen-bond donors (Lipinski definition) is 0. The minimum Gasteiger partial charge on any atom is -0.481 e. The molecule has 3 heterocycles. The molecule has 1 aliphatic heterocycles. The highest BCUT2D eigenvalue weighted by Gasteiger charge is 2.35. The Kier molecular flexibility index (Phi) is 3.44. The van der Waals surface area contributed by atoms with Crippen molar-refractivity contribution in [3.8, 4) is 11.4 Å². The highest BCUT2D eigenvalue weighted by Crippen LogP contribution is 2.48. The van der Waals surface area contributed by atoms with Crippen molar-refractivity contribution in [1.82, 2.24) is 4.57 Å². The number of aromatic nitrogens is 1. The van der Waals surface area contributed by atoms with Crippen LogP contribution < -0.4 is 4.74 Å². The lowest BCUT2D eigenvalue weighted by atomic mass is 9.89. The number of ether oxygens (including phenoxy) is 1. The van der Waals surface area contributed by atoms with Crippen LogP contribution in [0.2, 0.25) is 0 Å². The maximum absolute atomic E-state index is 6.40. The van der Waals surface area contributed by atoms with Crippen molar-refractivity contribution in [3.05, 3.63) is 108 Å². The normalized spacial score (nSPS) is 19.0. The molecule has 162 valence electrons. The van der Waals surface area contributed by atoms with Gasteiger partial charge in [0.15, 0.2) is 11.3 Å². The van der Waals surface area contributed by atoms with Gasteiger partial charge < -0.3 is 13.7 Å². The van der Waals surface area contributed by atoms with E-state index >= 15 is 0 Å². The lowest BCUT2D eigenvalue weighted by molar-refractivity contribution is 0.268. The van der Waals surface area contributed by atoms with E-state index in [-0.39, 0.29) is 12.0 Å². The summed E-state index contributed by atoms with van der Waals surface area (Å²) in [6.07, 6.45) is 6.65. The van der Waals surface area contributed by atoms with E-state index in [0.717, 1.165) is 33.4 Å². The lowest BCUT2D eigenvalue weighted by Crippen LogP contribution is -2.16. The average Bonchev–Trinajstić information content (AvgIpc) is 3.53. The molecule has 2 aliphatic rings. The van der Waals surface area contributed by atoms with Gasteiger partial charge in [-0.05, 0) is 49.4 Å². The van der Waals surface area contributed by atoms with E-state index in [1.807, 2.05) is 0 Å². The van der Waals surface area contributed by atoms with Crippen molar-refractivity contribution >= 4 is 43.7 Å². The third-order valence-electron chi connectivity index (χ3n) is 7.40. The molecule has 2 unspecified atom stereocenters. The second-order valence-corrected chi connectivity index (χ2v) is 9.39. The standard InChI is InChI=1S/C31H21NO2/c1-18-10-14-28-24(16-18)22-12-13-23-25-17-19(11-15-29(25)34-31(23)30(22)33-28)32-26-8-4-2-6-20(26)21-7-3-5-9-27(21)32/h2-17,24,28H,1H3. The molecule has 0 amide bonds. The first-order valence-corrected chi connectivity index (χ1v) is 11.8. The number of furan rings is 1. The van der Waals surface area contributed by atoms with E-state index in [4.69, 9.17) is 9.15 Å². The Hall–Kier alpha value is -4.24. The summed E-state index contributed by atoms with van der Waals surface area (Å²) in [6.45, 7) is 2.14. The molecule has 8 rings (SSSR count). The van der Waals surface area contributed by atoms with Gasteiger partial charge in [-0.3, -0.25) is 0 Å². The van der Waals surface area contributed by atoms with Crippen LogP contribution in [0.25, 0.3) is 49.4 Å². The summed E-state index contributed by atoms with van der Waals surface area (Å²) in [7, 11) is 0. The molecule has 0 saturated heterocycles. The molecule has 34 heavy (non-hydrogen) atoms. The molecule has 4 aromatic carbocycles. The number of para-hydroxylation sites is 2. The van der Waals surface area contributed by atoms with Crippen LogP contribution in [0, 0.1) is 0 Å². The van der Waals surface area contributed by atoms with Crippen LogP contribution in [-0.4, -0.2) is 10.7 Å². The van der Waals surface area contributed by atoms with E-state index in [2.05, 4.69) is 109 Å². The van der Waals surface area contributed by atoms with Crippen LogP contribution in [0.4, 0.5) is 0 Å². The van der Waals surface area contributed by atoms with Crippen molar-refractivity contribution < 1.29 is 9.15 Å². The average molecular weight is 440 g/mol. The molecule has 1 aliphatic carbocycles. The van der Waals surface area contributed by atoms with Gasteiger partial charge in [-0.15, -0.1) is 0 Å². The molecule has 0 saturated carbocycles. The first kappa shape index (κ1) is 18.2. The molecule has 2 aromatic heterocycles. The second-order valence-electron chi connectivity index (χ2n) is 9.39. The number of nitrogens with zero attached hydrogens (tertiary/aromatic N) is 1. The number of rotatable bonds is 1. The summed E-state index contributed by atoms with van der Waals surface area (Å²) in [4.78, 5) is 0. The molecule has 0 fully saturated rings. The number of hydrogen-bond acceptors (Lipinski definition) is 2. The van der Waals surface area contributed by atoms with E-state index in [0.29, 0.717) is 0 Å². The Bertz CT molecular complexity index is 1810. The van der Waals surface area contributed by atoms with Crippen molar-refractivity contribution in [2.24, 2.45) is 0 Å². The summed E-state index contributed by atoms with van der Waals surface area (Å²) < 4.78 is 15.1. The molecule has 0 bridgehead atoms. The Morgan fingerprint density at radius 3 is 2.32 bits per heavy atom. The molecule has 6 aromatic rings. The molecule has 2 atom stereocenters. The largest absolute Gasteiger partial charge is 0.481 e. The fourth-order valence-corrected chi connectivity index (χ4v) is 5.86. The van der Waals surface area contributed by atoms with Crippen LogP contribution in [0.5, 0.6) is 5.75 Å². The van der Waals surface area contributed by atoms with Gasteiger partial charge in [0.1, 0.15) is 11.7 Å². The zero-order valence-electron chi connectivity index (χ0n) is 18.7. The summed E-state index contributed by atoms with van der Waals surface area (Å²) in [5, 5.41) is 4.73. The third-order valence-corrected chi connectivity index (χ3v) is 7.40. The highest BCUT2D eigenvalue weighted by atomic mass is 16.5. The zero-order valence-corrected chi connectivity index (χ0v) is 18.7. The first-order chi connectivity index (χ1) is 16.8. The fraction of sp³-hybridized carbons (Fsp3) is 0.0968. The maximum Gasteiger partial charge on any atom is 0.177 e. The van der Waals surface area contributed by atoms with Crippen LogP contribution in [0.3, 0.4) is 0 Å². The van der Waals surface area contributed by atoms with Gasteiger partial charge in [-0.25, -0.2) is 0 Å². The number of fused-ring (bicyclic) bond motifs is 10. The van der Waals surface area contributed by atoms with Crippen LogP contribution in [-0.2, 0) is 0 Å². The van der Waals surface area contributed by atoms with Crippen LogP contribution >= 0.6 is 0 Å². The Morgan fingerprint density at radius 2 is 1.53 bits per heavy atom. The summed E-state index contributed by atoms with van der Waals surface area (Å²) >= 11 is 0. The maximum atomic E-state index is 6.40. The van der Waals surface area contributed by atoms with E-state index < -0.39 is 0 Å². The summed E-state index contributed by atoms with van der Waals surface area (Å²) in [5.74, 6) is 1.14. The smallest absolute Gasteiger partial charge is 0.177 e. The topological polar surface area (TPSA) is 27.3 Å². The van der Waals surface area contributed by atoms with E-state index in [9.17, 15) is 0 Å². The molecular weight excluding hydrogens is 418 g/mol. The fourth-order valence-electron chi connectivity index (χ4n) is 5.86. The van der Waals surface area contributed by atoms with Gasteiger partial charge in [0, 0.05) is 38.7 Å². The summed E-state index contributed by atoms with van der Waals surface area (Å²) in [5.41, 5.74) is 7.76. The second kappa shape index (κ2) is 6.42. The monoisotopic (exact) mass is 439 g/mol. The molecule has 3 heteroatoms. The van der Waals surface area contributed by atoms with Gasteiger partial charge in [-0.1, -0.05) is 60.2 Å². The first-order valence-electron chi connectivity index (χ1n) is 11.8. The molecular formula is C31H21NO2. The van der Waals surface area contributed by atoms with Gasteiger partial charge >= 0.3 is 0 Å². The number of allylic oxidation sites excluding steroid dienone is 2. The van der Waals surface area contributed by atoms with Crippen molar-refractivity contribution in [3.63, 3.8) is 0 Å². The minimum absolute atomic E-state index is 0.0469. The molecule has 0 radical (unpaired) electrons. The van der Waals surface area contributed by atoms with Crippen molar-refractivity contribution in [1.29, 1.82) is 0 Å². The van der Waals surface area contributed by atoms with E-state index in [1.165, 1.54) is 32.9 Å². The molecule has 0 N–H and O–H groups in total. The number of benzene rings is 4. The van der Waals surface area contributed by atoms with Gasteiger partial charge in [0.25, 0.3) is 0 Å². The molecule has 3 nitrogen and oxygen atoms in total. The SMILES string of the molecule is CC1=CC2c3ccc4c(oc5ccc(-n6c7ccccc7c7ccccc76)cc54)c3OC2C=C1. The quantitative estimate of drug-likeness (QED) is 0.259. The van der Waals surface area contributed by atoms with E-state index in [1.54, 1.807) is 0 Å². The van der Waals surface area contributed by atoms with Gasteiger partial charge in [-0.2, -0.15) is 0 Å². The molecule has 0 spiro atoms. The predicted octanol–water partition coefficient (Wildman–Crippen LogP) is 8.04. The zero-order chi connectivity index (χ0) is 22.4. The van der Waals surface area contributed by atoms with Crippen molar-refractivity contribution in [2.75, 3.05) is 0 Å². The predicted molar refractivity (Wildman–Crippen MR) is 138 cm³/mol. The highest BCUT2D eigenvalue weighted by molar-refractivity contribution is 6.11. The van der Waals surface area contributed by atoms with Crippen LogP contribution in [0.1, 0.15) is 18.4 Å². The lowest BCUT2D eigenvalue weighted by Gasteiger charge is -2.16. The Balaban J connectivity index is 1.38. The van der Waals surface area contributed by atoms with Gasteiger partial charge in [0.05, 0.1) is 11.0 Å². The minimum atomic E-state index is 0.0469. The third kappa shape index (κ3) is 2.31. The summed E-state index contributed by atoms with van der Waals surface area (Å²) in [6, 6.07) is 28.1. The van der Waals surface area contributed by atoms with Gasteiger partial charge in [0.2, 0.25) is 0 Å².